The summed E-state index contributed by atoms with van der Waals surface area (Å²) in [4.78, 5) is 31.4. The molecule has 3 heterocycles. The van der Waals surface area contributed by atoms with Crippen LogP contribution in [0.2, 0.25) is 5.02 Å². The number of aliphatic hydroxyl groups is 1. The average molecular weight is 545 g/mol. The van der Waals surface area contributed by atoms with Crippen molar-refractivity contribution in [3.05, 3.63) is 56.6 Å². The van der Waals surface area contributed by atoms with Gasteiger partial charge in [-0.2, -0.15) is 0 Å². The minimum Gasteiger partial charge on any atom is -0.462 e. The van der Waals surface area contributed by atoms with E-state index in [0.717, 1.165) is 16.8 Å². The first-order valence-electron chi connectivity index (χ1n) is 11.2. The van der Waals surface area contributed by atoms with Crippen LogP contribution in [-0.4, -0.2) is 46.4 Å². The van der Waals surface area contributed by atoms with Gasteiger partial charge in [0.2, 0.25) is 5.43 Å². The number of pyridine rings is 2. The fourth-order valence-corrected chi connectivity index (χ4v) is 4.48. The molecule has 0 unspecified atom stereocenters. The number of terminal acetylenes is 2. The van der Waals surface area contributed by atoms with Crippen molar-refractivity contribution < 1.29 is 27.8 Å². The molecule has 196 valence electrons. The average Bonchev–Trinajstić information content (AvgIpc) is 2.84. The first kappa shape index (κ1) is 26.9. The maximum atomic E-state index is 15.2. The predicted octanol–water partition coefficient (Wildman–Crippen LogP) is 3.04. The van der Waals surface area contributed by atoms with Gasteiger partial charge < -0.3 is 20.5 Å². The number of nitrogens with zero attached hydrogens (tertiary/aromatic N) is 3. The monoisotopic (exact) mass is 544 g/mol. The SMILES string of the molecule is C#CCC(CC#C)COC(=O)c1cn(-c2nc(N)c(F)cc2F)c2c(Cl)c(N3CC(O)C3)c(F)cc2c1=O. The lowest BCUT2D eigenvalue weighted by molar-refractivity contribution is 0.0442. The van der Waals surface area contributed by atoms with Crippen molar-refractivity contribution in [2.24, 2.45) is 5.92 Å². The molecular weight excluding hydrogens is 525 g/mol. The number of aliphatic hydroxyl groups excluding tert-OH is 1. The summed E-state index contributed by atoms with van der Waals surface area (Å²) in [6.45, 7) is -0.0983. The van der Waals surface area contributed by atoms with Gasteiger partial charge in [0.1, 0.15) is 11.4 Å². The quantitative estimate of drug-likeness (QED) is 0.347. The number of carbonyl (C=O) groups excluding carboxylic acids is 1. The van der Waals surface area contributed by atoms with E-state index in [9.17, 15) is 23.5 Å². The lowest BCUT2D eigenvalue weighted by Gasteiger charge is -2.38. The first-order chi connectivity index (χ1) is 18.1. The highest BCUT2D eigenvalue weighted by Crippen LogP contribution is 2.38. The van der Waals surface area contributed by atoms with Crippen molar-refractivity contribution in [3.8, 4) is 30.5 Å². The second-order valence-corrected chi connectivity index (χ2v) is 9.04. The van der Waals surface area contributed by atoms with E-state index in [1.54, 1.807) is 0 Å². The summed E-state index contributed by atoms with van der Waals surface area (Å²) < 4.78 is 50.1. The van der Waals surface area contributed by atoms with Gasteiger partial charge in [0.05, 0.1) is 34.3 Å². The van der Waals surface area contributed by atoms with Gasteiger partial charge in [-0.25, -0.2) is 22.9 Å². The Balaban J connectivity index is 1.93. The summed E-state index contributed by atoms with van der Waals surface area (Å²) in [6, 6.07) is 1.30. The van der Waals surface area contributed by atoms with Crippen LogP contribution in [-0.2, 0) is 4.74 Å². The minimum absolute atomic E-state index is 0.0589. The number of fused-ring (bicyclic) bond motifs is 1. The molecule has 1 aliphatic rings. The van der Waals surface area contributed by atoms with Crippen LogP contribution < -0.4 is 16.1 Å². The normalized spacial score (nSPS) is 13.3. The molecule has 1 aliphatic heterocycles. The van der Waals surface area contributed by atoms with E-state index in [-0.39, 0.29) is 54.7 Å². The number of nitrogens with two attached hydrogens (primary N) is 1. The number of ether oxygens (including phenoxy) is 1. The van der Waals surface area contributed by atoms with E-state index in [0.29, 0.717) is 6.07 Å². The van der Waals surface area contributed by atoms with Crippen LogP contribution in [0.4, 0.5) is 24.7 Å². The third-order valence-corrected chi connectivity index (χ3v) is 6.34. The van der Waals surface area contributed by atoms with Crippen LogP contribution in [0.3, 0.4) is 0 Å². The Kier molecular flexibility index (Phi) is 7.53. The molecule has 3 aromatic rings. The third-order valence-electron chi connectivity index (χ3n) is 5.98. The zero-order valence-corrected chi connectivity index (χ0v) is 20.4. The summed E-state index contributed by atoms with van der Waals surface area (Å²) >= 11 is 6.52. The summed E-state index contributed by atoms with van der Waals surface area (Å²) in [5.74, 6) is -1.21. The molecule has 1 saturated heterocycles. The largest absolute Gasteiger partial charge is 0.462 e. The maximum absolute atomic E-state index is 15.2. The van der Waals surface area contributed by atoms with Crippen molar-refractivity contribution in [1.29, 1.82) is 0 Å². The molecule has 1 fully saturated rings. The smallest absolute Gasteiger partial charge is 0.343 e. The fourth-order valence-electron chi connectivity index (χ4n) is 4.08. The lowest BCUT2D eigenvalue weighted by atomic mass is 10.0. The van der Waals surface area contributed by atoms with Crippen molar-refractivity contribution >= 4 is 40.0 Å². The number of hydrogen-bond acceptors (Lipinski definition) is 7. The standard InChI is InChI=1S/C26H20ClF3N4O4/c1-3-5-13(6-4-2)12-38-26(37)16-11-34(25-19(30)8-18(29)24(31)32-25)21-15(23(16)36)7-17(28)22(20(21)27)33-9-14(35)10-33/h1-2,7-8,11,13-14,35H,5-6,9-10,12H2,(H2,31,32). The zero-order chi connectivity index (χ0) is 27.7. The Hall–Kier alpha value is -4.19. The van der Waals surface area contributed by atoms with Crippen LogP contribution in [0.1, 0.15) is 23.2 Å². The van der Waals surface area contributed by atoms with Crippen molar-refractivity contribution in [2.45, 2.75) is 18.9 Å². The molecule has 0 bridgehead atoms. The Bertz CT molecular complexity index is 1570. The summed E-state index contributed by atoms with van der Waals surface area (Å²) in [6.07, 6.45) is 11.2. The van der Waals surface area contributed by atoms with E-state index in [4.69, 9.17) is 34.9 Å². The third kappa shape index (κ3) is 4.86. The number of aromatic nitrogens is 2. The minimum atomic E-state index is -1.20. The molecule has 0 radical (unpaired) electrons. The van der Waals surface area contributed by atoms with Gasteiger partial charge >= 0.3 is 5.97 Å². The zero-order valence-electron chi connectivity index (χ0n) is 19.7. The maximum Gasteiger partial charge on any atom is 0.343 e. The molecule has 8 nitrogen and oxygen atoms in total. The summed E-state index contributed by atoms with van der Waals surface area (Å²) in [5.41, 5.74) is 3.60. The van der Waals surface area contributed by atoms with Gasteiger partial charge in [0.15, 0.2) is 23.3 Å². The van der Waals surface area contributed by atoms with E-state index in [2.05, 4.69) is 16.8 Å². The summed E-state index contributed by atoms with van der Waals surface area (Å²) in [5, 5.41) is 8.93. The summed E-state index contributed by atoms with van der Waals surface area (Å²) in [7, 11) is 0. The van der Waals surface area contributed by atoms with Crippen LogP contribution in [0.25, 0.3) is 16.7 Å². The molecule has 38 heavy (non-hydrogen) atoms. The number of rotatable bonds is 7. The van der Waals surface area contributed by atoms with Gasteiger partial charge in [-0.15, -0.1) is 24.7 Å². The molecule has 1 aromatic carbocycles. The molecule has 0 atom stereocenters. The molecule has 0 aliphatic carbocycles. The van der Waals surface area contributed by atoms with Gasteiger partial charge in [0, 0.05) is 44.1 Å². The fraction of sp³-hybridized carbons (Fsp3) is 0.269. The van der Waals surface area contributed by atoms with Gasteiger partial charge in [-0.05, 0) is 6.07 Å². The topological polar surface area (TPSA) is 111 Å². The van der Waals surface area contributed by atoms with E-state index in [1.165, 1.54) is 4.90 Å². The Morgan fingerprint density at radius 3 is 2.47 bits per heavy atom. The highest BCUT2D eigenvalue weighted by Gasteiger charge is 2.32. The second-order valence-electron chi connectivity index (χ2n) is 8.66. The van der Waals surface area contributed by atoms with Gasteiger partial charge in [0.25, 0.3) is 0 Å². The number of anilines is 2. The van der Waals surface area contributed by atoms with Crippen LogP contribution in [0.15, 0.2) is 23.1 Å². The molecule has 0 amide bonds. The van der Waals surface area contributed by atoms with E-state index in [1.807, 2.05) is 0 Å². The highest BCUT2D eigenvalue weighted by atomic mass is 35.5. The van der Waals surface area contributed by atoms with E-state index < -0.39 is 57.5 Å². The number of esters is 1. The Labute approximate surface area is 219 Å². The van der Waals surface area contributed by atoms with Crippen LogP contribution in [0.5, 0.6) is 0 Å². The lowest BCUT2D eigenvalue weighted by Crippen LogP contribution is -2.51. The number of benzene rings is 1. The van der Waals surface area contributed by atoms with Crippen LogP contribution >= 0.6 is 11.6 Å². The second kappa shape index (κ2) is 10.7. The van der Waals surface area contributed by atoms with Gasteiger partial charge in [-0.1, -0.05) is 11.6 Å². The van der Waals surface area contributed by atoms with Crippen LogP contribution in [0, 0.1) is 48.1 Å². The Morgan fingerprint density at radius 2 is 1.87 bits per heavy atom. The van der Waals surface area contributed by atoms with Gasteiger partial charge in [-0.3, -0.25) is 9.36 Å². The first-order valence-corrected chi connectivity index (χ1v) is 11.6. The molecule has 4 rings (SSSR count). The molecule has 2 aromatic heterocycles. The molecule has 12 heteroatoms. The molecule has 3 N–H and O–H groups in total. The van der Waals surface area contributed by atoms with Crippen molar-refractivity contribution in [3.63, 3.8) is 0 Å². The predicted molar refractivity (Wildman–Crippen MR) is 136 cm³/mol. The number of β-amino-alcohol motifs (C(OH)–C–C–N with tert-alkyl or cyclic N) is 1. The van der Waals surface area contributed by atoms with Crippen molar-refractivity contribution in [1.82, 2.24) is 9.55 Å². The van der Waals surface area contributed by atoms with Crippen molar-refractivity contribution in [2.75, 3.05) is 30.3 Å². The molecule has 0 saturated carbocycles. The van der Waals surface area contributed by atoms with E-state index >= 15 is 4.39 Å². The number of halogens is 4. The number of nitrogen functional groups attached to an aromatic ring is 1. The molecular formula is C26H20ClF3N4O4. The number of hydrogen-bond donors (Lipinski definition) is 2. The number of carbonyl (C=O) groups is 1. The highest BCUT2D eigenvalue weighted by molar-refractivity contribution is 6.38. The molecule has 0 spiro atoms. The Morgan fingerprint density at radius 1 is 1.21 bits per heavy atom.